The van der Waals surface area contributed by atoms with Crippen molar-refractivity contribution in [2.75, 3.05) is 39.3 Å². The zero-order valence-electron chi connectivity index (χ0n) is 16.5. The van der Waals surface area contributed by atoms with Gasteiger partial charge >= 0.3 is 0 Å². The molecule has 0 saturated carbocycles. The third kappa shape index (κ3) is 5.13. The third-order valence-electron chi connectivity index (χ3n) is 5.90. The molecular weight excluding hydrogens is 367 g/mol. The molecule has 29 heavy (non-hydrogen) atoms. The molecule has 2 N–H and O–H groups in total. The standard InChI is InChI=1S/C23H27FN4O/c24-21-5-1-18(2-6-21)10-27-11-19-13-28(14-20(19)12-27)15-22(26)16-29-23-7-3-17(9-25)4-8-23/h1-8,19-20,22H,10-16,26H2/t19?,20?,22-/m0/s1. The van der Waals surface area contributed by atoms with E-state index < -0.39 is 0 Å². The van der Waals surface area contributed by atoms with Crippen LogP contribution in [0.1, 0.15) is 11.1 Å². The Labute approximate surface area is 171 Å². The molecule has 0 radical (unpaired) electrons. The van der Waals surface area contributed by atoms with Crippen LogP contribution in [-0.4, -0.2) is 55.2 Å². The Kier molecular flexibility index (Phi) is 6.10. The molecule has 2 fully saturated rings. The van der Waals surface area contributed by atoms with Gasteiger partial charge in [0.1, 0.15) is 18.2 Å². The molecule has 0 amide bonds. The highest BCUT2D eigenvalue weighted by Gasteiger charge is 2.39. The zero-order chi connectivity index (χ0) is 20.2. The summed E-state index contributed by atoms with van der Waals surface area (Å²) in [6.07, 6.45) is 0. The van der Waals surface area contributed by atoms with E-state index in [0.717, 1.165) is 45.0 Å². The smallest absolute Gasteiger partial charge is 0.123 e. The number of likely N-dealkylation sites (tertiary alicyclic amines) is 2. The van der Waals surface area contributed by atoms with Gasteiger partial charge in [-0.1, -0.05) is 12.1 Å². The number of halogens is 1. The molecule has 5 nitrogen and oxygen atoms in total. The van der Waals surface area contributed by atoms with Gasteiger partial charge in [0.05, 0.1) is 17.7 Å². The van der Waals surface area contributed by atoms with Gasteiger partial charge in [-0.05, 0) is 53.8 Å². The first-order valence-electron chi connectivity index (χ1n) is 10.2. The molecule has 4 rings (SSSR count). The summed E-state index contributed by atoms with van der Waals surface area (Å²) >= 11 is 0. The average Bonchev–Trinajstić information content (AvgIpc) is 3.26. The molecule has 2 aliphatic rings. The Bertz CT molecular complexity index is 835. The van der Waals surface area contributed by atoms with Crippen LogP contribution in [0.4, 0.5) is 4.39 Å². The maximum absolute atomic E-state index is 13.1. The third-order valence-corrected chi connectivity index (χ3v) is 5.90. The lowest BCUT2D eigenvalue weighted by Gasteiger charge is -2.24. The second-order valence-electron chi connectivity index (χ2n) is 8.27. The quantitative estimate of drug-likeness (QED) is 0.782. The van der Waals surface area contributed by atoms with Crippen molar-refractivity contribution in [3.63, 3.8) is 0 Å². The maximum Gasteiger partial charge on any atom is 0.123 e. The first kappa shape index (κ1) is 19.8. The van der Waals surface area contributed by atoms with E-state index in [1.54, 1.807) is 24.3 Å². The molecule has 2 unspecified atom stereocenters. The predicted molar refractivity (Wildman–Crippen MR) is 110 cm³/mol. The van der Waals surface area contributed by atoms with Gasteiger partial charge in [0.15, 0.2) is 0 Å². The van der Waals surface area contributed by atoms with E-state index in [4.69, 9.17) is 15.7 Å². The topological polar surface area (TPSA) is 65.5 Å². The van der Waals surface area contributed by atoms with E-state index in [-0.39, 0.29) is 11.9 Å². The van der Waals surface area contributed by atoms with Crippen molar-refractivity contribution in [2.24, 2.45) is 17.6 Å². The molecule has 0 bridgehead atoms. The van der Waals surface area contributed by atoms with Crippen LogP contribution in [0.5, 0.6) is 5.75 Å². The molecule has 0 aliphatic carbocycles. The molecule has 2 saturated heterocycles. The summed E-state index contributed by atoms with van der Waals surface area (Å²) in [5, 5.41) is 8.84. The largest absolute Gasteiger partial charge is 0.492 e. The molecular formula is C23H27FN4O. The summed E-state index contributed by atoms with van der Waals surface area (Å²) < 4.78 is 18.8. The van der Waals surface area contributed by atoms with Gasteiger partial charge in [-0.2, -0.15) is 5.26 Å². The normalized spacial score (nSPS) is 22.9. The van der Waals surface area contributed by atoms with Crippen molar-refractivity contribution >= 4 is 0 Å². The van der Waals surface area contributed by atoms with Crippen LogP contribution in [-0.2, 0) is 6.54 Å². The number of hydrogen-bond donors (Lipinski definition) is 1. The lowest BCUT2D eigenvalue weighted by Crippen LogP contribution is -2.41. The van der Waals surface area contributed by atoms with Gasteiger partial charge in [-0.3, -0.25) is 4.90 Å². The minimum absolute atomic E-state index is 0.0419. The Hall–Kier alpha value is -2.46. The summed E-state index contributed by atoms with van der Waals surface area (Å²) in [6, 6.07) is 16.0. The zero-order valence-corrected chi connectivity index (χ0v) is 16.5. The van der Waals surface area contributed by atoms with Gasteiger partial charge in [-0.25, -0.2) is 4.39 Å². The highest BCUT2D eigenvalue weighted by molar-refractivity contribution is 5.34. The molecule has 2 aliphatic heterocycles. The predicted octanol–water partition coefficient (Wildman–Crippen LogP) is 2.47. The van der Waals surface area contributed by atoms with E-state index >= 15 is 0 Å². The summed E-state index contributed by atoms with van der Waals surface area (Å²) in [4.78, 5) is 4.94. The number of benzene rings is 2. The minimum Gasteiger partial charge on any atom is -0.492 e. The van der Waals surface area contributed by atoms with Crippen molar-refractivity contribution < 1.29 is 9.13 Å². The van der Waals surface area contributed by atoms with Crippen molar-refractivity contribution in [3.05, 3.63) is 65.5 Å². The summed E-state index contributed by atoms with van der Waals surface area (Å²) in [7, 11) is 0. The lowest BCUT2D eigenvalue weighted by molar-refractivity contribution is 0.212. The number of hydrogen-bond acceptors (Lipinski definition) is 5. The average molecular weight is 394 g/mol. The van der Waals surface area contributed by atoms with Crippen molar-refractivity contribution in [3.8, 4) is 11.8 Å². The number of nitrogens with zero attached hydrogens (tertiary/aromatic N) is 3. The van der Waals surface area contributed by atoms with Gasteiger partial charge < -0.3 is 15.4 Å². The number of fused-ring (bicyclic) bond motifs is 1. The molecule has 2 aromatic carbocycles. The van der Waals surface area contributed by atoms with Crippen molar-refractivity contribution in [1.29, 1.82) is 5.26 Å². The fourth-order valence-corrected chi connectivity index (χ4v) is 4.53. The van der Waals surface area contributed by atoms with Crippen LogP contribution in [0.3, 0.4) is 0 Å². The molecule has 2 heterocycles. The van der Waals surface area contributed by atoms with Crippen molar-refractivity contribution in [1.82, 2.24) is 9.80 Å². The van der Waals surface area contributed by atoms with E-state index in [2.05, 4.69) is 15.9 Å². The maximum atomic E-state index is 13.1. The highest BCUT2D eigenvalue weighted by Crippen LogP contribution is 2.31. The number of nitriles is 1. The highest BCUT2D eigenvalue weighted by atomic mass is 19.1. The summed E-state index contributed by atoms with van der Waals surface area (Å²) in [6.45, 7) is 6.54. The van der Waals surface area contributed by atoms with Gasteiger partial charge in [0.25, 0.3) is 0 Å². The van der Waals surface area contributed by atoms with E-state index in [1.165, 1.54) is 17.7 Å². The van der Waals surface area contributed by atoms with Crippen LogP contribution < -0.4 is 10.5 Å². The van der Waals surface area contributed by atoms with E-state index in [0.29, 0.717) is 24.0 Å². The number of rotatable bonds is 7. The lowest BCUT2D eigenvalue weighted by atomic mass is 10.0. The van der Waals surface area contributed by atoms with E-state index in [1.807, 2.05) is 12.1 Å². The second-order valence-corrected chi connectivity index (χ2v) is 8.27. The number of nitrogens with two attached hydrogens (primary N) is 1. The molecule has 3 atom stereocenters. The Morgan fingerprint density at radius 3 is 2.24 bits per heavy atom. The Balaban J connectivity index is 1.19. The Morgan fingerprint density at radius 2 is 1.62 bits per heavy atom. The Morgan fingerprint density at radius 1 is 1.00 bits per heavy atom. The van der Waals surface area contributed by atoms with Crippen LogP contribution >= 0.6 is 0 Å². The van der Waals surface area contributed by atoms with Gasteiger partial charge in [-0.15, -0.1) is 0 Å². The van der Waals surface area contributed by atoms with Crippen LogP contribution in [0.25, 0.3) is 0 Å². The minimum atomic E-state index is -0.179. The van der Waals surface area contributed by atoms with E-state index in [9.17, 15) is 4.39 Å². The van der Waals surface area contributed by atoms with Gasteiger partial charge in [0, 0.05) is 39.3 Å². The molecule has 0 aromatic heterocycles. The first-order chi connectivity index (χ1) is 14.1. The monoisotopic (exact) mass is 394 g/mol. The van der Waals surface area contributed by atoms with Crippen LogP contribution in [0.15, 0.2) is 48.5 Å². The second kappa shape index (κ2) is 8.91. The SMILES string of the molecule is N#Cc1ccc(OC[C@@H](N)CN2CC3CN(Cc4ccc(F)cc4)CC3C2)cc1. The molecule has 152 valence electrons. The summed E-state index contributed by atoms with van der Waals surface area (Å²) in [5.41, 5.74) is 8.08. The molecule has 0 spiro atoms. The van der Waals surface area contributed by atoms with Crippen LogP contribution in [0.2, 0.25) is 0 Å². The van der Waals surface area contributed by atoms with Gasteiger partial charge in [0.2, 0.25) is 0 Å². The first-order valence-corrected chi connectivity index (χ1v) is 10.2. The van der Waals surface area contributed by atoms with Crippen molar-refractivity contribution in [2.45, 2.75) is 12.6 Å². The molecule has 2 aromatic rings. The molecule has 6 heteroatoms. The van der Waals surface area contributed by atoms with Crippen LogP contribution in [0, 0.1) is 29.0 Å². The number of ether oxygens (including phenoxy) is 1. The fraction of sp³-hybridized carbons (Fsp3) is 0.435. The summed E-state index contributed by atoms with van der Waals surface area (Å²) in [5.74, 6) is 1.93. The fourth-order valence-electron chi connectivity index (χ4n) is 4.53.